The summed E-state index contributed by atoms with van der Waals surface area (Å²) < 4.78 is 34.3. The van der Waals surface area contributed by atoms with Gasteiger partial charge in [-0.2, -0.15) is 0 Å². The molecule has 0 unspecified atom stereocenters. The van der Waals surface area contributed by atoms with Gasteiger partial charge in [0.1, 0.15) is 45.4 Å². The van der Waals surface area contributed by atoms with Gasteiger partial charge in [-0.25, -0.2) is 0 Å². The third-order valence-electron chi connectivity index (χ3n) is 6.74. The molecule has 0 aromatic heterocycles. The molecule has 0 saturated carbocycles. The molecule has 4 rings (SSSR count). The summed E-state index contributed by atoms with van der Waals surface area (Å²) in [6.07, 6.45) is 0. The topological polar surface area (TPSA) is 46.2 Å². The summed E-state index contributed by atoms with van der Waals surface area (Å²) in [5.74, 6) is 3.31. The predicted molar refractivity (Wildman–Crippen MR) is 201 cm³/mol. The third-order valence-corrected chi connectivity index (χ3v) is 13.1. The van der Waals surface area contributed by atoms with Crippen LogP contribution in [-0.2, 0) is 4.12 Å². The largest absolute Gasteiger partial charge is 0.488 e. The van der Waals surface area contributed by atoms with E-state index in [0.29, 0.717) is 0 Å². The van der Waals surface area contributed by atoms with E-state index in [1.165, 1.54) is 0 Å². The van der Waals surface area contributed by atoms with Gasteiger partial charge >= 0.3 is 0 Å². The van der Waals surface area contributed by atoms with E-state index in [9.17, 15) is 0 Å². The highest BCUT2D eigenvalue weighted by Gasteiger charge is 2.35. The maximum atomic E-state index is 7.77. The zero-order valence-corrected chi connectivity index (χ0v) is 32.7. The average Bonchev–Trinajstić information content (AvgIpc) is 2.93. The van der Waals surface area contributed by atoms with Gasteiger partial charge in [0, 0.05) is 20.7 Å². The summed E-state index contributed by atoms with van der Waals surface area (Å²) in [6.45, 7) is 24.9. The van der Waals surface area contributed by atoms with Gasteiger partial charge in [-0.05, 0) is 107 Å². The van der Waals surface area contributed by atoms with E-state index in [4.69, 9.17) is 23.1 Å². The standard InChI is InChI=1S/C40H54O5Si2/c1-37(2,3)41-29-21-13-17-25-33(29)46(34-26-18-14-22-30(34)42-38(4,5)6)45-47(35-27-19-15-23-31(35)43-39(7,8)9)36-28-20-16-24-32(36)44-40(10,11)12/h13-28,46-47H,1-12H3. The Morgan fingerprint density at radius 2 is 0.511 bits per heavy atom. The Kier molecular flexibility index (Phi) is 11.0. The van der Waals surface area contributed by atoms with Gasteiger partial charge in [0.15, 0.2) is 0 Å². The third kappa shape index (κ3) is 10.7. The zero-order valence-electron chi connectivity index (χ0n) is 30.4. The number of rotatable bonds is 10. The Hall–Kier alpha value is -3.53. The number of hydrogen-bond donors (Lipinski definition) is 0. The maximum Gasteiger partial charge on any atom is 0.236 e. The van der Waals surface area contributed by atoms with E-state index >= 15 is 0 Å². The van der Waals surface area contributed by atoms with E-state index in [-0.39, 0.29) is 0 Å². The molecule has 5 nitrogen and oxygen atoms in total. The summed E-state index contributed by atoms with van der Waals surface area (Å²) in [5, 5.41) is 4.25. The number of hydrogen-bond acceptors (Lipinski definition) is 5. The molecule has 4 aromatic carbocycles. The van der Waals surface area contributed by atoms with Crippen LogP contribution in [0.4, 0.5) is 0 Å². The van der Waals surface area contributed by atoms with Crippen LogP contribution < -0.4 is 39.7 Å². The molecule has 47 heavy (non-hydrogen) atoms. The number of para-hydroxylation sites is 4. The van der Waals surface area contributed by atoms with E-state index in [2.05, 4.69) is 156 Å². The normalized spacial score (nSPS) is 12.7. The molecule has 0 fully saturated rings. The van der Waals surface area contributed by atoms with E-state index in [1.807, 2.05) is 24.3 Å². The second kappa shape index (κ2) is 14.3. The molecule has 0 aliphatic rings. The lowest BCUT2D eigenvalue weighted by molar-refractivity contribution is 0.131. The molecule has 252 valence electrons. The summed E-state index contributed by atoms with van der Waals surface area (Å²) >= 11 is 0. The molecule has 4 aromatic rings. The molecule has 7 heteroatoms. The van der Waals surface area contributed by atoms with Gasteiger partial charge in [-0.15, -0.1) is 0 Å². The molecular formula is C40H54O5Si2. The highest BCUT2D eigenvalue weighted by Crippen LogP contribution is 2.24. The van der Waals surface area contributed by atoms with Crippen LogP contribution in [-0.4, -0.2) is 40.5 Å². The van der Waals surface area contributed by atoms with Crippen LogP contribution in [0, 0.1) is 0 Å². The fourth-order valence-electron chi connectivity index (χ4n) is 5.24. The van der Waals surface area contributed by atoms with Crippen LogP contribution in [0.25, 0.3) is 0 Å². The van der Waals surface area contributed by atoms with Crippen molar-refractivity contribution in [2.45, 2.75) is 105 Å². The van der Waals surface area contributed by atoms with Crippen molar-refractivity contribution < 1.29 is 23.1 Å². The Labute approximate surface area is 286 Å². The first-order chi connectivity index (χ1) is 21.8. The van der Waals surface area contributed by atoms with Gasteiger partial charge in [-0.3, -0.25) is 0 Å². The van der Waals surface area contributed by atoms with Crippen LogP contribution in [0.3, 0.4) is 0 Å². The second-order valence-corrected chi connectivity index (χ2v) is 21.0. The van der Waals surface area contributed by atoms with Crippen molar-refractivity contribution in [2.75, 3.05) is 0 Å². The lowest BCUT2D eigenvalue weighted by Gasteiger charge is -2.33. The van der Waals surface area contributed by atoms with E-state index in [1.54, 1.807) is 0 Å². The van der Waals surface area contributed by atoms with Crippen molar-refractivity contribution in [3.8, 4) is 23.0 Å². The Bertz CT molecular complexity index is 1380. The van der Waals surface area contributed by atoms with Crippen LogP contribution in [0.1, 0.15) is 83.1 Å². The summed E-state index contributed by atoms with van der Waals surface area (Å²) in [4.78, 5) is 0. The summed E-state index contributed by atoms with van der Waals surface area (Å²) in [5.41, 5.74) is -1.58. The zero-order chi connectivity index (χ0) is 34.6. The van der Waals surface area contributed by atoms with Crippen LogP contribution >= 0.6 is 0 Å². The van der Waals surface area contributed by atoms with Gasteiger partial charge in [0.25, 0.3) is 0 Å². The number of ether oxygens (including phenoxy) is 4. The molecule has 0 N–H and O–H groups in total. The van der Waals surface area contributed by atoms with Crippen molar-refractivity contribution in [1.82, 2.24) is 0 Å². The molecule has 0 aliphatic heterocycles. The van der Waals surface area contributed by atoms with Crippen LogP contribution in [0.15, 0.2) is 97.1 Å². The van der Waals surface area contributed by atoms with Gasteiger partial charge in [0.05, 0.1) is 0 Å². The summed E-state index contributed by atoms with van der Waals surface area (Å²) in [6, 6.07) is 33.3. The van der Waals surface area contributed by atoms with Crippen molar-refractivity contribution in [3.63, 3.8) is 0 Å². The maximum absolute atomic E-state index is 7.77. The number of benzene rings is 4. The average molecular weight is 671 g/mol. The molecule has 0 atom stereocenters. The van der Waals surface area contributed by atoms with Gasteiger partial charge in [0.2, 0.25) is 18.1 Å². The summed E-state index contributed by atoms with van der Waals surface area (Å²) in [7, 11) is -5.10. The van der Waals surface area contributed by atoms with E-state index in [0.717, 1.165) is 43.7 Å². The molecule has 0 aliphatic carbocycles. The quantitative estimate of drug-likeness (QED) is 0.174. The first-order valence-electron chi connectivity index (χ1n) is 16.6. The van der Waals surface area contributed by atoms with Crippen LogP contribution in [0.2, 0.25) is 0 Å². The fourth-order valence-corrected chi connectivity index (χ4v) is 12.1. The highest BCUT2D eigenvalue weighted by atomic mass is 28.4. The Morgan fingerprint density at radius 1 is 0.319 bits per heavy atom. The van der Waals surface area contributed by atoms with Crippen molar-refractivity contribution in [3.05, 3.63) is 97.1 Å². The van der Waals surface area contributed by atoms with Gasteiger partial charge < -0.3 is 23.1 Å². The van der Waals surface area contributed by atoms with Crippen molar-refractivity contribution in [2.24, 2.45) is 0 Å². The second-order valence-electron chi connectivity index (χ2n) is 15.9. The highest BCUT2D eigenvalue weighted by molar-refractivity contribution is 6.93. The molecular weight excluding hydrogens is 617 g/mol. The lowest BCUT2D eigenvalue weighted by Crippen LogP contribution is -2.57. The molecule has 0 spiro atoms. The first-order valence-corrected chi connectivity index (χ1v) is 19.8. The SMILES string of the molecule is CC(C)(C)Oc1ccccc1[SiH](O[SiH](c1ccccc1OC(C)(C)C)c1ccccc1OC(C)(C)C)c1ccccc1OC(C)(C)C. The molecule has 0 radical (unpaired) electrons. The van der Waals surface area contributed by atoms with E-state index < -0.39 is 40.5 Å². The van der Waals surface area contributed by atoms with Crippen molar-refractivity contribution >= 4 is 38.8 Å². The smallest absolute Gasteiger partial charge is 0.236 e. The Balaban J connectivity index is 2.03. The predicted octanol–water partition coefficient (Wildman–Crippen LogP) is 6.79. The van der Waals surface area contributed by atoms with Crippen molar-refractivity contribution in [1.29, 1.82) is 0 Å². The lowest BCUT2D eigenvalue weighted by atomic mass is 10.2. The molecule has 0 amide bonds. The molecule has 0 saturated heterocycles. The molecule has 0 heterocycles. The Morgan fingerprint density at radius 3 is 0.702 bits per heavy atom. The monoisotopic (exact) mass is 670 g/mol. The minimum absolute atomic E-state index is 0.395. The van der Waals surface area contributed by atoms with Crippen LogP contribution in [0.5, 0.6) is 23.0 Å². The fraction of sp³-hybridized carbons (Fsp3) is 0.400. The minimum atomic E-state index is -2.55. The minimum Gasteiger partial charge on any atom is -0.488 e. The molecule has 0 bridgehead atoms. The first kappa shape index (κ1) is 36.3. The van der Waals surface area contributed by atoms with Gasteiger partial charge in [-0.1, -0.05) is 72.8 Å².